The van der Waals surface area contributed by atoms with E-state index in [1.54, 1.807) is 4.90 Å². The minimum atomic E-state index is -4.45. The third-order valence-corrected chi connectivity index (χ3v) is 2.90. The van der Waals surface area contributed by atoms with Gasteiger partial charge in [0.2, 0.25) is 5.91 Å². The third-order valence-electron chi connectivity index (χ3n) is 2.90. The first-order valence-corrected chi connectivity index (χ1v) is 5.29. The molecular formula is C10H12F3N3O. The minimum absolute atomic E-state index is 0.129. The van der Waals surface area contributed by atoms with Crippen LogP contribution in [0.2, 0.25) is 0 Å². The smallest absolute Gasteiger partial charge is 0.334 e. The quantitative estimate of drug-likeness (QED) is 0.826. The number of amides is 1. The number of aromatic amines is 1. The maximum absolute atomic E-state index is 12.4. The van der Waals surface area contributed by atoms with Gasteiger partial charge in [-0.2, -0.15) is 18.3 Å². The predicted octanol–water partition coefficient (Wildman–Crippen LogP) is 2.11. The van der Waals surface area contributed by atoms with Gasteiger partial charge in [0.1, 0.15) is 0 Å². The Morgan fingerprint density at radius 1 is 1.59 bits per heavy atom. The largest absolute Gasteiger partial charge is 0.435 e. The van der Waals surface area contributed by atoms with E-state index in [1.807, 2.05) is 0 Å². The normalized spacial score (nSPS) is 20.9. The number of rotatable bonds is 1. The van der Waals surface area contributed by atoms with E-state index < -0.39 is 11.9 Å². The molecule has 1 aromatic heterocycles. The van der Waals surface area contributed by atoms with Crippen LogP contribution in [0, 0.1) is 0 Å². The van der Waals surface area contributed by atoms with Gasteiger partial charge in [0.15, 0.2) is 5.69 Å². The standard InChI is InChI=1S/C10H12F3N3O/c1-6(17)16-4-2-3-8(16)7-5-9(15-14-7)10(11,12)13/h5,8H,2-4H2,1H3,(H,14,15). The Labute approximate surface area is 95.8 Å². The van der Waals surface area contributed by atoms with Crippen molar-refractivity contribution in [1.29, 1.82) is 0 Å². The lowest BCUT2D eigenvalue weighted by molar-refractivity contribution is -0.141. The number of likely N-dealkylation sites (tertiary alicyclic amines) is 1. The van der Waals surface area contributed by atoms with Crippen LogP contribution >= 0.6 is 0 Å². The van der Waals surface area contributed by atoms with Crippen LogP contribution in [0.3, 0.4) is 0 Å². The van der Waals surface area contributed by atoms with Gasteiger partial charge in [-0.25, -0.2) is 0 Å². The van der Waals surface area contributed by atoms with Gasteiger partial charge in [0, 0.05) is 13.5 Å². The number of halogens is 3. The zero-order valence-electron chi connectivity index (χ0n) is 9.21. The van der Waals surface area contributed by atoms with E-state index in [1.165, 1.54) is 6.92 Å². The van der Waals surface area contributed by atoms with Crippen LogP contribution in [0.15, 0.2) is 6.07 Å². The van der Waals surface area contributed by atoms with Crippen molar-refractivity contribution in [2.45, 2.75) is 32.0 Å². The van der Waals surface area contributed by atoms with Crippen LogP contribution in [0.25, 0.3) is 0 Å². The summed E-state index contributed by atoms with van der Waals surface area (Å²) in [7, 11) is 0. The monoisotopic (exact) mass is 247 g/mol. The molecule has 0 saturated carbocycles. The molecule has 1 aliphatic rings. The lowest BCUT2D eigenvalue weighted by atomic mass is 10.1. The van der Waals surface area contributed by atoms with E-state index in [-0.39, 0.29) is 11.9 Å². The van der Waals surface area contributed by atoms with Crippen molar-refractivity contribution in [3.63, 3.8) is 0 Å². The molecule has 0 aromatic carbocycles. The first-order chi connectivity index (χ1) is 7.89. The topological polar surface area (TPSA) is 49.0 Å². The molecule has 1 fully saturated rings. The fourth-order valence-corrected chi connectivity index (χ4v) is 2.12. The first kappa shape index (κ1) is 11.9. The zero-order chi connectivity index (χ0) is 12.6. The van der Waals surface area contributed by atoms with E-state index in [0.717, 1.165) is 12.5 Å². The van der Waals surface area contributed by atoms with E-state index in [0.29, 0.717) is 18.7 Å². The van der Waals surface area contributed by atoms with Crippen LogP contribution in [0.4, 0.5) is 13.2 Å². The third kappa shape index (κ3) is 2.27. The molecule has 2 rings (SSSR count). The highest BCUT2D eigenvalue weighted by Crippen LogP contribution is 2.34. The highest BCUT2D eigenvalue weighted by atomic mass is 19.4. The summed E-state index contributed by atoms with van der Waals surface area (Å²) in [6.07, 6.45) is -2.99. The Balaban J connectivity index is 2.23. The summed E-state index contributed by atoms with van der Waals surface area (Å²) in [5, 5.41) is 5.61. The second kappa shape index (κ2) is 4.05. The molecule has 1 aromatic rings. The summed E-state index contributed by atoms with van der Waals surface area (Å²) in [4.78, 5) is 12.9. The summed E-state index contributed by atoms with van der Waals surface area (Å²) in [6.45, 7) is 2.00. The molecule has 94 valence electrons. The number of carbonyl (C=O) groups is 1. The van der Waals surface area contributed by atoms with Crippen molar-refractivity contribution >= 4 is 5.91 Å². The maximum Gasteiger partial charge on any atom is 0.435 e. The van der Waals surface area contributed by atoms with Crippen LogP contribution < -0.4 is 0 Å². The van der Waals surface area contributed by atoms with Crippen molar-refractivity contribution in [3.8, 4) is 0 Å². The molecule has 1 saturated heterocycles. The van der Waals surface area contributed by atoms with Crippen LogP contribution in [0.1, 0.15) is 37.2 Å². The molecule has 1 amide bonds. The molecule has 1 atom stereocenters. The predicted molar refractivity (Wildman–Crippen MR) is 53.0 cm³/mol. The van der Waals surface area contributed by atoms with Crippen LogP contribution in [-0.2, 0) is 11.0 Å². The molecule has 0 bridgehead atoms. The summed E-state index contributed by atoms with van der Waals surface area (Å²) in [5.74, 6) is -0.129. The molecule has 0 aliphatic carbocycles. The number of nitrogens with one attached hydrogen (secondary N) is 1. The zero-order valence-corrected chi connectivity index (χ0v) is 9.21. The maximum atomic E-state index is 12.4. The molecule has 7 heteroatoms. The van der Waals surface area contributed by atoms with Gasteiger partial charge in [-0.05, 0) is 18.9 Å². The molecule has 17 heavy (non-hydrogen) atoms. The molecule has 0 spiro atoms. The Morgan fingerprint density at radius 2 is 2.29 bits per heavy atom. The van der Waals surface area contributed by atoms with Gasteiger partial charge in [-0.1, -0.05) is 0 Å². The number of hydrogen-bond donors (Lipinski definition) is 1. The number of nitrogens with zero attached hydrogens (tertiary/aromatic N) is 2. The van der Waals surface area contributed by atoms with Crippen molar-refractivity contribution in [2.24, 2.45) is 0 Å². The fraction of sp³-hybridized carbons (Fsp3) is 0.600. The molecular weight excluding hydrogens is 235 g/mol. The van der Waals surface area contributed by atoms with Crippen molar-refractivity contribution in [3.05, 3.63) is 17.5 Å². The Bertz CT molecular complexity index is 427. The number of H-pyrrole nitrogens is 1. The van der Waals surface area contributed by atoms with Crippen molar-refractivity contribution in [2.75, 3.05) is 6.54 Å². The number of carbonyl (C=O) groups excluding carboxylic acids is 1. The summed E-state index contributed by atoms with van der Waals surface area (Å²) >= 11 is 0. The van der Waals surface area contributed by atoms with E-state index >= 15 is 0 Å². The average molecular weight is 247 g/mol. The molecule has 1 aliphatic heterocycles. The summed E-state index contributed by atoms with van der Waals surface area (Å²) in [5.41, 5.74) is -0.590. The molecule has 4 nitrogen and oxygen atoms in total. The van der Waals surface area contributed by atoms with Gasteiger partial charge >= 0.3 is 6.18 Å². The minimum Gasteiger partial charge on any atom is -0.334 e. The Morgan fingerprint density at radius 3 is 2.82 bits per heavy atom. The van der Waals surface area contributed by atoms with Gasteiger partial charge < -0.3 is 4.90 Å². The van der Waals surface area contributed by atoms with E-state index in [9.17, 15) is 18.0 Å². The van der Waals surface area contributed by atoms with E-state index in [4.69, 9.17) is 0 Å². The van der Waals surface area contributed by atoms with Crippen molar-refractivity contribution < 1.29 is 18.0 Å². The van der Waals surface area contributed by atoms with Crippen LogP contribution in [0.5, 0.6) is 0 Å². The van der Waals surface area contributed by atoms with Gasteiger partial charge in [-0.15, -0.1) is 0 Å². The summed E-state index contributed by atoms with van der Waals surface area (Å²) in [6, 6.07) is 0.669. The lowest BCUT2D eigenvalue weighted by Gasteiger charge is -2.21. The first-order valence-electron chi connectivity index (χ1n) is 5.29. The Hall–Kier alpha value is -1.53. The molecule has 1 unspecified atom stereocenters. The molecule has 2 heterocycles. The number of aromatic nitrogens is 2. The number of hydrogen-bond acceptors (Lipinski definition) is 2. The Kier molecular flexibility index (Phi) is 2.84. The second-order valence-electron chi connectivity index (χ2n) is 4.08. The fourth-order valence-electron chi connectivity index (χ4n) is 2.12. The number of alkyl halides is 3. The molecule has 1 N–H and O–H groups in total. The lowest BCUT2D eigenvalue weighted by Crippen LogP contribution is -2.28. The highest BCUT2D eigenvalue weighted by Gasteiger charge is 2.36. The molecule has 0 radical (unpaired) electrons. The second-order valence-corrected chi connectivity index (χ2v) is 4.08. The average Bonchev–Trinajstić information content (AvgIpc) is 2.85. The summed E-state index contributed by atoms with van der Waals surface area (Å²) < 4.78 is 37.1. The SMILES string of the molecule is CC(=O)N1CCCC1c1cc(C(F)(F)F)n[nH]1. The van der Waals surface area contributed by atoms with E-state index in [2.05, 4.69) is 10.2 Å². The van der Waals surface area contributed by atoms with Crippen LogP contribution in [-0.4, -0.2) is 27.5 Å². The van der Waals surface area contributed by atoms with Crippen molar-refractivity contribution in [1.82, 2.24) is 15.1 Å². The van der Waals surface area contributed by atoms with Gasteiger partial charge in [0.25, 0.3) is 0 Å². The van der Waals surface area contributed by atoms with Gasteiger partial charge in [-0.3, -0.25) is 9.89 Å². The van der Waals surface area contributed by atoms with Gasteiger partial charge in [0.05, 0.1) is 11.7 Å². The highest BCUT2D eigenvalue weighted by molar-refractivity contribution is 5.74.